The van der Waals surface area contributed by atoms with Crippen LogP contribution in [0.4, 0.5) is 0 Å². The second-order valence-electron chi connectivity index (χ2n) is 4.33. The molecule has 0 unspecified atom stereocenters. The van der Waals surface area contributed by atoms with Crippen molar-refractivity contribution < 1.29 is 0 Å². The van der Waals surface area contributed by atoms with Gasteiger partial charge in [-0.3, -0.25) is 4.68 Å². The van der Waals surface area contributed by atoms with Crippen LogP contribution in [-0.2, 0) is 20.0 Å². The number of benzene rings is 1. The molecule has 0 radical (unpaired) electrons. The van der Waals surface area contributed by atoms with Crippen molar-refractivity contribution in [2.75, 3.05) is 6.54 Å². The molecule has 3 heteroatoms. The Bertz CT molecular complexity index is 474. The third-order valence-electron chi connectivity index (χ3n) is 2.90. The van der Waals surface area contributed by atoms with Crippen LogP contribution in [-0.4, -0.2) is 16.3 Å². The third-order valence-corrected chi connectivity index (χ3v) is 2.90. The highest BCUT2D eigenvalue weighted by molar-refractivity contribution is 5.25. The Hall–Kier alpha value is -1.61. The first-order chi connectivity index (χ1) is 8.25. The zero-order valence-corrected chi connectivity index (χ0v) is 10.5. The van der Waals surface area contributed by atoms with Gasteiger partial charge in [-0.15, -0.1) is 0 Å². The number of nitrogens with one attached hydrogen (secondary N) is 1. The minimum absolute atomic E-state index is 0.930. The van der Waals surface area contributed by atoms with Gasteiger partial charge in [0.1, 0.15) is 0 Å². The van der Waals surface area contributed by atoms with E-state index in [1.807, 2.05) is 17.9 Å². The van der Waals surface area contributed by atoms with E-state index in [0.29, 0.717) is 0 Å². The Labute approximate surface area is 102 Å². The maximum Gasteiger partial charge on any atom is 0.0637 e. The number of aryl methyl sites for hydroxylation is 2. The van der Waals surface area contributed by atoms with Gasteiger partial charge in [0.25, 0.3) is 0 Å². The Morgan fingerprint density at radius 2 is 2.06 bits per heavy atom. The van der Waals surface area contributed by atoms with E-state index in [9.17, 15) is 0 Å². The van der Waals surface area contributed by atoms with Crippen LogP contribution in [0.1, 0.15) is 16.8 Å². The second kappa shape index (κ2) is 5.64. The molecule has 0 saturated carbocycles. The van der Waals surface area contributed by atoms with Crippen LogP contribution in [0.2, 0.25) is 0 Å². The Morgan fingerprint density at radius 3 is 2.76 bits per heavy atom. The highest BCUT2D eigenvalue weighted by Gasteiger charge is 1.98. The molecule has 0 aliphatic carbocycles. The van der Waals surface area contributed by atoms with Crippen LogP contribution in [0.25, 0.3) is 0 Å². The van der Waals surface area contributed by atoms with E-state index in [-0.39, 0.29) is 0 Å². The molecule has 0 saturated heterocycles. The van der Waals surface area contributed by atoms with E-state index in [1.165, 1.54) is 11.1 Å². The zero-order valence-electron chi connectivity index (χ0n) is 10.5. The molecule has 0 fully saturated rings. The summed E-state index contributed by atoms with van der Waals surface area (Å²) in [5.41, 5.74) is 3.86. The van der Waals surface area contributed by atoms with Crippen molar-refractivity contribution in [3.8, 4) is 0 Å². The van der Waals surface area contributed by atoms with E-state index < -0.39 is 0 Å². The van der Waals surface area contributed by atoms with Crippen molar-refractivity contribution >= 4 is 0 Å². The first kappa shape index (κ1) is 11.9. The Balaban J connectivity index is 1.75. The lowest BCUT2D eigenvalue weighted by molar-refractivity contribution is 0.664. The summed E-state index contributed by atoms with van der Waals surface area (Å²) in [6.45, 7) is 4.04. The molecule has 0 aliphatic heterocycles. The molecule has 0 spiro atoms. The van der Waals surface area contributed by atoms with Gasteiger partial charge in [0.05, 0.1) is 5.69 Å². The average molecular weight is 229 g/mol. The van der Waals surface area contributed by atoms with Crippen LogP contribution in [0.3, 0.4) is 0 Å². The van der Waals surface area contributed by atoms with Crippen molar-refractivity contribution in [1.29, 1.82) is 0 Å². The molecule has 1 aromatic heterocycles. The van der Waals surface area contributed by atoms with Crippen molar-refractivity contribution in [1.82, 2.24) is 15.1 Å². The standard InChI is InChI=1S/C14H19N3/c1-12-5-3-4-6-13(12)11-15-9-7-14-8-10-17(2)16-14/h3-6,8,10,15H,7,9,11H2,1-2H3. The Morgan fingerprint density at radius 1 is 1.24 bits per heavy atom. The monoisotopic (exact) mass is 229 g/mol. The first-order valence-corrected chi connectivity index (χ1v) is 5.99. The van der Waals surface area contributed by atoms with Crippen LogP contribution in [0.5, 0.6) is 0 Å². The Kier molecular flexibility index (Phi) is 3.94. The molecular weight excluding hydrogens is 210 g/mol. The molecule has 0 aliphatic rings. The number of aromatic nitrogens is 2. The highest BCUT2D eigenvalue weighted by Crippen LogP contribution is 2.06. The summed E-state index contributed by atoms with van der Waals surface area (Å²) in [7, 11) is 1.95. The molecule has 17 heavy (non-hydrogen) atoms. The fraction of sp³-hybridized carbons (Fsp3) is 0.357. The van der Waals surface area contributed by atoms with Gasteiger partial charge in [-0.2, -0.15) is 5.10 Å². The van der Waals surface area contributed by atoms with E-state index >= 15 is 0 Å². The number of rotatable bonds is 5. The average Bonchev–Trinajstić information content (AvgIpc) is 2.73. The minimum Gasteiger partial charge on any atom is -0.312 e. The molecule has 3 nitrogen and oxygen atoms in total. The summed E-state index contributed by atoms with van der Waals surface area (Å²) in [6.07, 6.45) is 2.96. The lowest BCUT2D eigenvalue weighted by Crippen LogP contribution is -2.17. The number of hydrogen-bond donors (Lipinski definition) is 1. The van der Waals surface area contributed by atoms with Gasteiger partial charge in [0.15, 0.2) is 0 Å². The molecule has 1 N–H and O–H groups in total. The van der Waals surface area contributed by atoms with Crippen LogP contribution in [0, 0.1) is 6.92 Å². The van der Waals surface area contributed by atoms with E-state index in [0.717, 1.165) is 25.2 Å². The van der Waals surface area contributed by atoms with Gasteiger partial charge in [0, 0.05) is 32.8 Å². The van der Waals surface area contributed by atoms with Crippen molar-refractivity contribution in [3.63, 3.8) is 0 Å². The fourth-order valence-corrected chi connectivity index (χ4v) is 1.84. The first-order valence-electron chi connectivity index (χ1n) is 5.99. The minimum atomic E-state index is 0.930. The van der Waals surface area contributed by atoms with Crippen molar-refractivity contribution in [3.05, 3.63) is 53.3 Å². The molecule has 90 valence electrons. The molecule has 1 aromatic carbocycles. The van der Waals surface area contributed by atoms with Crippen molar-refractivity contribution in [2.45, 2.75) is 19.9 Å². The maximum atomic E-state index is 4.35. The van der Waals surface area contributed by atoms with E-state index in [4.69, 9.17) is 0 Å². The van der Waals surface area contributed by atoms with Crippen LogP contribution in [0.15, 0.2) is 36.5 Å². The van der Waals surface area contributed by atoms with Crippen molar-refractivity contribution in [2.24, 2.45) is 7.05 Å². The molecule has 0 atom stereocenters. The number of nitrogens with zero attached hydrogens (tertiary/aromatic N) is 2. The quantitative estimate of drug-likeness (QED) is 0.795. The van der Waals surface area contributed by atoms with Gasteiger partial charge in [-0.05, 0) is 24.1 Å². The van der Waals surface area contributed by atoms with Crippen LogP contribution < -0.4 is 5.32 Å². The van der Waals surface area contributed by atoms with Gasteiger partial charge in [-0.25, -0.2) is 0 Å². The fourth-order valence-electron chi connectivity index (χ4n) is 1.84. The smallest absolute Gasteiger partial charge is 0.0637 e. The molecule has 2 aromatic rings. The predicted octanol–water partition coefficient (Wildman–Crippen LogP) is 2.06. The summed E-state index contributed by atoms with van der Waals surface area (Å²) >= 11 is 0. The topological polar surface area (TPSA) is 29.9 Å². The number of hydrogen-bond acceptors (Lipinski definition) is 2. The zero-order chi connectivity index (χ0) is 12.1. The van der Waals surface area contributed by atoms with Gasteiger partial charge >= 0.3 is 0 Å². The van der Waals surface area contributed by atoms with Crippen LogP contribution >= 0.6 is 0 Å². The molecule has 1 heterocycles. The van der Waals surface area contributed by atoms with E-state index in [1.54, 1.807) is 0 Å². The SMILES string of the molecule is Cc1ccccc1CNCCc1ccn(C)n1. The summed E-state index contributed by atoms with van der Waals surface area (Å²) in [5, 5.41) is 7.80. The summed E-state index contributed by atoms with van der Waals surface area (Å²) in [5.74, 6) is 0. The van der Waals surface area contributed by atoms with Gasteiger partial charge < -0.3 is 5.32 Å². The molecule has 0 bridgehead atoms. The lowest BCUT2D eigenvalue weighted by atomic mass is 10.1. The third kappa shape index (κ3) is 3.43. The van der Waals surface area contributed by atoms with E-state index in [2.05, 4.69) is 47.7 Å². The molecular formula is C14H19N3. The highest BCUT2D eigenvalue weighted by atomic mass is 15.2. The summed E-state index contributed by atoms with van der Waals surface area (Å²) in [6, 6.07) is 10.5. The molecule has 0 amide bonds. The normalized spacial score (nSPS) is 10.7. The molecule has 2 rings (SSSR count). The maximum absolute atomic E-state index is 4.35. The lowest BCUT2D eigenvalue weighted by Gasteiger charge is -2.06. The summed E-state index contributed by atoms with van der Waals surface area (Å²) in [4.78, 5) is 0. The summed E-state index contributed by atoms with van der Waals surface area (Å²) < 4.78 is 1.84. The predicted molar refractivity (Wildman–Crippen MR) is 69.8 cm³/mol. The second-order valence-corrected chi connectivity index (χ2v) is 4.33. The van der Waals surface area contributed by atoms with Gasteiger partial charge in [-0.1, -0.05) is 24.3 Å². The largest absolute Gasteiger partial charge is 0.312 e. The van der Waals surface area contributed by atoms with Gasteiger partial charge in [0.2, 0.25) is 0 Å².